The Morgan fingerprint density at radius 2 is 1.94 bits per heavy atom. The molecule has 5 heteroatoms. The van der Waals surface area contributed by atoms with Crippen molar-refractivity contribution in [2.24, 2.45) is 0 Å². The minimum atomic E-state index is -0.620. The van der Waals surface area contributed by atoms with E-state index >= 15 is 0 Å². The van der Waals surface area contributed by atoms with E-state index in [4.69, 9.17) is 0 Å². The molecule has 1 aromatic heterocycles. The van der Waals surface area contributed by atoms with E-state index in [0.717, 1.165) is 44.1 Å². The molecule has 100 valence electrons. The van der Waals surface area contributed by atoms with Crippen LogP contribution in [0.4, 0.5) is 5.82 Å². The standard InChI is InChI=1S/C13H22N4O/c1-11-8-12(15-14-9-11)17-6-4-16(5-7-17)10-13(2,3)18/h8-9,18H,4-7,10H2,1-3H3. The van der Waals surface area contributed by atoms with Gasteiger partial charge in [-0.3, -0.25) is 4.90 Å². The van der Waals surface area contributed by atoms with Crippen LogP contribution < -0.4 is 4.90 Å². The Kier molecular flexibility index (Phi) is 3.82. The third-order valence-electron chi connectivity index (χ3n) is 3.09. The van der Waals surface area contributed by atoms with Crippen LogP contribution >= 0.6 is 0 Å². The van der Waals surface area contributed by atoms with E-state index in [-0.39, 0.29) is 0 Å². The second kappa shape index (κ2) is 5.20. The molecule has 0 radical (unpaired) electrons. The normalized spacial score (nSPS) is 18.1. The van der Waals surface area contributed by atoms with Gasteiger partial charge in [0, 0.05) is 32.7 Å². The summed E-state index contributed by atoms with van der Waals surface area (Å²) >= 11 is 0. The van der Waals surface area contributed by atoms with Gasteiger partial charge in [-0.1, -0.05) is 0 Å². The van der Waals surface area contributed by atoms with Crippen molar-refractivity contribution in [3.8, 4) is 0 Å². The monoisotopic (exact) mass is 250 g/mol. The van der Waals surface area contributed by atoms with Crippen LogP contribution in [-0.4, -0.2) is 58.5 Å². The van der Waals surface area contributed by atoms with E-state index in [2.05, 4.69) is 26.1 Å². The maximum Gasteiger partial charge on any atom is 0.151 e. The smallest absolute Gasteiger partial charge is 0.151 e. The van der Waals surface area contributed by atoms with Crippen molar-refractivity contribution < 1.29 is 5.11 Å². The molecule has 0 amide bonds. The molecule has 0 saturated carbocycles. The lowest BCUT2D eigenvalue weighted by molar-refractivity contribution is 0.0344. The fourth-order valence-electron chi connectivity index (χ4n) is 2.29. The van der Waals surface area contributed by atoms with Gasteiger partial charge in [0.25, 0.3) is 0 Å². The Morgan fingerprint density at radius 1 is 1.28 bits per heavy atom. The summed E-state index contributed by atoms with van der Waals surface area (Å²) in [4.78, 5) is 4.54. The Balaban J connectivity index is 1.91. The number of piperazine rings is 1. The van der Waals surface area contributed by atoms with Crippen LogP contribution in [0.1, 0.15) is 19.4 Å². The summed E-state index contributed by atoms with van der Waals surface area (Å²) in [5.41, 5.74) is 0.518. The maximum absolute atomic E-state index is 9.81. The van der Waals surface area contributed by atoms with E-state index in [0.29, 0.717) is 0 Å². The van der Waals surface area contributed by atoms with Gasteiger partial charge in [0.15, 0.2) is 5.82 Å². The second-order valence-electron chi connectivity index (χ2n) is 5.67. The summed E-state index contributed by atoms with van der Waals surface area (Å²) in [6.45, 7) is 10.3. The van der Waals surface area contributed by atoms with Gasteiger partial charge in [0.2, 0.25) is 0 Å². The topological polar surface area (TPSA) is 52.5 Å². The molecule has 5 nitrogen and oxygen atoms in total. The largest absolute Gasteiger partial charge is 0.389 e. The summed E-state index contributed by atoms with van der Waals surface area (Å²) in [6.07, 6.45) is 1.77. The van der Waals surface area contributed by atoms with E-state index in [9.17, 15) is 5.11 Å². The molecular formula is C13H22N4O. The van der Waals surface area contributed by atoms with Crippen LogP contribution in [-0.2, 0) is 0 Å². The lowest BCUT2D eigenvalue weighted by Crippen LogP contribution is -2.50. The number of hydrogen-bond acceptors (Lipinski definition) is 5. The van der Waals surface area contributed by atoms with Gasteiger partial charge in [-0.25, -0.2) is 0 Å². The van der Waals surface area contributed by atoms with Crippen molar-refractivity contribution in [3.05, 3.63) is 17.8 Å². The van der Waals surface area contributed by atoms with Gasteiger partial charge in [-0.15, -0.1) is 5.10 Å². The zero-order chi connectivity index (χ0) is 13.2. The number of nitrogens with zero attached hydrogens (tertiary/aromatic N) is 4. The highest BCUT2D eigenvalue weighted by molar-refractivity contribution is 5.39. The van der Waals surface area contributed by atoms with Gasteiger partial charge in [0.05, 0.1) is 11.8 Å². The van der Waals surface area contributed by atoms with Crippen LogP contribution in [0.5, 0.6) is 0 Å². The predicted molar refractivity (Wildman–Crippen MR) is 71.7 cm³/mol. The first-order valence-corrected chi connectivity index (χ1v) is 6.43. The molecule has 2 heterocycles. The number of hydrogen-bond donors (Lipinski definition) is 1. The molecule has 1 saturated heterocycles. The highest BCUT2D eigenvalue weighted by Gasteiger charge is 2.23. The third kappa shape index (κ3) is 3.65. The van der Waals surface area contributed by atoms with Gasteiger partial charge in [-0.2, -0.15) is 5.10 Å². The summed E-state index contributed by atoms with van der Waals surface area (Å²) in [6, 6.07) is 2.07. The fraction of sp³-hybridized carbons (Fsp3) is 0.692. The van der Waals surface area contributed by atoms with Crippen molar-refractivity contribution in [2.45, 2.75) is 26.4 Å². The molecule has 0 bridgehead atoms. The maximum atomic E-state index is 9.81. The summed E-state index contributed by atoms with van der Waals surface area (Å²) in [7, 11) is 0. The van der Waals surface area contributed by atoms with Crippen molar-refractivity contribution in [1.82, 2.24) is 15.1 Å². The lowest BCUT2D eigenvalue weighted by atomic mass is 10.1. The van der Waals surface area contributed by atoms with E-state index in [1.165, 1.54) is 0 Å². The van der Waals surface area contributed by atoms with Crippen LogP contribution in [0.25, 0.3) is 0 Å². The molecule has 1 aliphatic heterocycles. The number of anilines is 1. The zero-order valence-corrected chi connectivity index (χ0v) is 11.4. The van der Waals surface area contributed by atoms with Crippen LogP contribution in [0, 0.1) is 6.92 Å². The van der Waals surface area contributed by atoms with Crippen LogP contribution in [0.15, 0.2) is 12.3 Å². The number of aromatic nitrogens is 2. The van der Waals surface area contributed by atoms with Gasteiger partial charge in [0.1, 0.15) is 0 Å². The summed E-state index contributed by atoms with van der Waals surface area (Å²) in [5, 5.41) is 18.0. The Hall–Kier alpha value is -1.20. The molecule has 1 aromatic rings. The van der Waals surface area contributed by atoms with E-state index in [1.54, 1.807) is 6.20 Å². The first-order chi connectivity index (χ1) is 8.44. The molecule has 18 heavy (non-hydrogen) atoms. The quantitative estimate of drug-likeness (QED) is 0.855. The third-order valence-corrected chi connectivity index (χ3v) is 3.09. The van der Waals surface area contributed by atoms with E-state index in [1.807, 2.05) is 20.8 Å². The molecule has 0 aromatic carbocycles. The van der Waals surface area contributed by atoms with Crippen molar-refractivity contribution in [2.75, 3.05) is 37.6 Å². The molecule has 0 atom stereocenters. The lowest BCUT2D eigenvalue weighted by Gasteiger charge is -2.37. The molecule has 2 rings (SSSR count). The first-order valence-electron chi connectivity index (χ1n) is 6.43. The zero-order valence-electron chi connectivity index (χ0n) is 11.4. The molecule has 1 fully saturated rings. The Labute approximate surface area is 108 Å². The molecular weight excluding hydrogens is 228 g/mol. The number of aryl methyl sites for hydroxylation is 1. The second-order valence-corrected chi connectivity index (χ2v) is 5.67. The van der Waals surface area contributed by atoms with Crippen molar-refractivity contribution in [1.29, 1.82) is 0 Å². The SMILES string of the molecule is Cc1cnnc(N2CCN(CC(C)(C)O)CC2)c1. The average Bonchev–Trinajstić information content (AvgIpc) is 2.28. The molecule has 0 unspecified atom stereocenters. The predicted octanol–water partition coefficient (Wildman–Crippen LogP) is 0.678. The number of β-amino-alcohol motifs (C(OH)–C–C–N with tert-alkyl or cyclic N) is 1. The summed E-state index contributed by atoms with van der Waals surface area (Å²) in [5.74, 6) is 0.956. The highest BCUT2D eigenvalue weighted by atomic mass is 16.3. The summed E-state index contributed by atoms with van der Waals surface area (Å²) < 4.78 is 0. The number of aliphatic hydroxyl groups is 1. The van der Waals surface area contributed by atoms with Gasteiger partial charge in [-0.05, 0) is 32.4 Å². The first kappa shape index (κ1) is 13.2. The minimum Gasteiger partial charge on any atom is -0.389 e. The van der Waals surface area contributed by atoms with Crippen LogP contribution in [0.3, 0.4) is 0 Å². The van der Waals surface area contributed by atoms with Gasteiger partial charge < -0.3 is 10.0 Å². The molecule has 0 aliphatic carbocycles. The molecule has 1 N–H and O–H groups in total. The fourth-order valence-corrected chi connectivity index (χ4v) is 2.29. The number of rotatable bonds is 3. The van der Waals surface area contributed by atoms with Crippen molar-refractivity contribution >= 4 is 5.82 Å². The Morgan fingerprint density at radius 3 is 2.50 bits per heavy atom. The molecule has 0 spiro atoms. The highest BCUT2D eigenvalue weighted by Crippen LogP contribution is 2.15. The van der Waals surface area contributed by atoms with E-state index < -0.39 is 5.60 Å². The average molecular weight is 250 g/mol. The molecule has 1 aliphatic rings. The van der Waals surface area contributed by atoms with Crippen molar-refractivity contribution in [3.63, 3.8) is 0 Å². The Bertz CT molecular complexity index is 394. The van der Waals surface area contributed by atoms with Crippen LogP contribution in [0.2, 0.25) is 0 Å². The minimum absolute atomic E-state index is 0.620. The van der Waals surface area contributed by atoms with Gasteiger partial charge >= 0.3 is 0 Å².